The minimum Gasteiger partial charge on any atom is -0.361 e. The summed E-state index contributed by atoms with van der Waals surface area (Å²) < 4.78 is 5.61. The first-order chi connectivity index (χ1) is 15.7. The van der Waals surface area contributed by atoms with E-state index in [1.165, 1.54) is 0 Å². The molecule has 2 aliphatic rings. The number of hydrogen-bond acceptors (Lipinski definition) is 3. The molecule has 0 N–H and O–H groups in total. The molecule has 0 spiro atoms. The van der Waals surface area contributed by atoms with Gasteiger partial charge in [-0.2, -0.15) is 0 Å². The number of hydrogen-bond donors (Lipinski definition) is 0. The minimum absolute atomic E-state index is 0.248. The van der Waals surface area contributed by atoms with E-state index in [-0.39, 0.29) is 11.3 Å². The fraction of sp³-hybridized carbons (Fsp3) is 0.357. The standard InChI is InChI=1S/C28H30N2O2/c1-21-25(26(29-32-21)23-13-7-3-8-14-23)20-30(19-22-11-5-2-6-12-22)27(31)28(17-18-28)24-15-9-4-10-16-24/h2-5,7-10,13-16,22H,6,11-12,17-20H2,1H3/t22-/m0/s1. The van der Waals surface area contributed by atoms with Crippen LogP contribution in [0.25, 0.3) is 11.3 Å². The van der Waals surface area contributed by atoms with Crippen molar-refractivity contribution < 1.29 is 9.32 Å². The van der Waals surface area contributed by atoms with E-state index in [9.17, 15) is 4.79 Å². The molecule has 3 aromatic rings. The largest absolute Gasteiger partial charge is 0.361 e. The maximum absolute atomic E-state index is 14.0. The highest BCUT2D eigenvalue weighted by atomic mass is 16.5. The van der Waals surface area contributed by atoms with Crippen LogP contribution in [0.15, 0.2) is 77.3 Å². The van der Waals surface area contributed by atoms with E-state index in [1.54, 1.807) is 0 Å². The second-order valence-corrected chi connectivity index (χ2v) is 9.22. The first-order valence-corrected chi connectivity index (χ1v) is 11.7. The van der Waals surface area contributed by atoms with Gasteiger partial charge < -0.3 is 9.42 Å². The molecule has 1 atom stereocenters. The van der Waals surface area contributed by atoms with Crippen molar-refractivity contribution in [3.63, 3.8) is 0 Å². The highest BCUT2D eigenvalue weighted by Gasteiger charge is 2.53. The normalized spacial score (nSPS) is 19.0. The summed E-state index contributed by atoms with van der Waals surface area (Å²) >= 11 is 0. The van der Waals surface area contributed by atoms with E-state index in [4.69, 9.17) is 4.52 Å². The van der Waals surface area contributed by atoms with Crippen LogP contribution in [0.2, 0.25) is 0 Å². The molecule has 1 fully saturated rings. The quantitative estimate of drug-likeness (QED) is 0.431. The zero-order valence-electron chi connectivity index (χ0n) is 18.7. The van der Waals surface area contributed by atoms with Crippen molar-refractivity contribution >= 4 is 5.91 Å². The molecule has 1 heterocycles. The molecule has 5 rings (SSSR count). The molecule has 1 amide bonds. The minimum atomic E-state index is -0.371. The predicted octanol–water partition coefficient (Wildman–Crippen LogP) is 6.07. The second kappa shape index (κ2) is 8.78. The van der Waals surface area contributed by atoms with E-state index in [0.29, 0.717) is 12.5 Å². The summed E-state index contributed by atoms with van der Waals surface area (Å²) in [5, 5.41) is 4.36. The Morgan fingerprint density at radius 3 is 2.44 bits per heavy atom. The Morgan fingerprint density at radius 1 is 1.06 bits per heavy atom. The Hall–Kier alpha value is -3.14. The molecule has 32 heavy (non-hydrogen) atoms. The van der Waals surface area contributed by atoms with Crippen LogP contribution in [0.5, 0.6) is 0 Å². The number of nitrogens with zero attached hydrogens (tertiary/aromatic N) is 2. The van der Waals surface area contributed by atoms with Gasteiger partial charge in [0.05, 0.1) is 12.0 Å². The third kappa shape index (κ3) is 4.02. The number of aromatic nitrogens is 1. The van der Waals surface area contributed by atoms with Crippen molar-refractivity contribution in [3.05, 3.63) is 89.7 Å². The molecule has 0 radical (unpaired) electrons. The summed E-state index contributed by atoms with van der Waals surface area (Å²) in [7, 11) is 0. The fourth-order valence-corrected chi connectivity index (χ4v) is 4.96. The number of rotatable bonds is 7. The first kappa shape index (κ1) is 20.7. The van der Waals surface area contributed by atoms with Crippen LogP contribution in [0.1, 0.15) is 49.0 Å². The van der Waals surface area contributed by atoms with Gasteiger partial charge >= 0.3 is 0 Å². The number of benzene rings is 2. The summed E-state index contributed by atoms with van der Waals surface area (Å²) in [5.74, 6) is 1.53. The van der Waals surface area contributed by atoms with Crippen molar-refractivity contribution in [2.75, 3.05) is 6.54 Å². The van der Waals surface area contributed by atoms with Crippen LogP contribution in [0.3, 0.4) is 0 Å². The Bertz CT molecular complexity index is 1100. The van der Waals surface area contributed by atoms with Crippen molar-refractivity contribution in [1.82, 2.24) is 10.1 Å². The third-order valence-electron chi connectivity index (χ3n) is 7.01. The smallest absolute Gasteiger partial charge is 0.233 e. The van der Waals surface area contributed by atoms with Crippen LogP contribution in [0.4, 0.5) is 0 Å². The zero-order valence-corrected chi connectivity index (χ0v) is 18.7. The zero-order chi connectivity index (χ0) is 22.0. The number of carbonyl (C=O) groups excluding carboxylic acids is 1. The molecule has 4 heteroatoms. The molecule has 2 aliphatic carbocycles. The third-order valence-corrected chi connectivity index (χ3v) is 7.01. The van der Waals surface area contributed by atoms with Gasteiger partial charge in [0.15, 0.2) is 0 Å². The van der Waals surface area contributed by atoms with E-state index in [0.717, 1.165) is 66.8 Å². The average molecular weight is 427 g/mol. The molecule has 4 nitrogen and oxygen atoms in total. The lowest BCUT2D eigenvalue weighted by molar-refractivity contribution is -0.135. The van der Waals surface area contributed by atoms with E-state index in [1.807, 2.05) is 55.5 Å². The van der Waals surface area contributed by atoms with Gasteiger partial charge in [-0.05, 0) is 50.5 Å². The maximum Gasteiger partial charge on any atom is 0.233 e. The summed E-state index contributed by atoms with van der Waals surface area (Å²) in [6.45, 7) is 3.26. The van der Waals surface area contributed by atoms with Gasteiger partial charge in [-0.15, -0.1) is 0 Å². The Morgan fingerprint density at radius 2 is 1.78 bits per heavy atom. The van der Waals surface area contributed by atoms with E-state index < -0.39 is 0 Å². The summed E-state index contributed by atoms with van der Waals surface area (Å²) in [5.41, 5.74) is 3.65. The van der Waals surface area contributed by atoms with Gasteiger partial charge in [0.25, 0.3) is 0 Å². The number of carbonyl (C=O) groups is 1. The average Bonchev–Trinajstić information content (AvgIpc) is 3.59. The molecular weight excluding hydrogens is 396 g/mol. The molecule has 1 saturated carbocycles. The Balaban J connectivity index is 1.47. The van der Waals surface area contributed by atoms with Crippen LogP contribution in [-0.2, 0) is 16.8 Å². The van der Waals surface area contributed by atoms with Crippen LogP contribution >= 0.6 is 0 Å². The Kier molecular flexibility index (Phi) is 5.69. The van der Waals surface area contributed by atoms with E-state index >= 15 is 0 Å². The highest BCUT2D eigenvalue weighted by Crippen LogP contribution is 2.50. The summed E-state index contributed by atoms with van der Waals surface area (Å²) in [6, 6.07) is 20.4. The molecule has 0 aliphatic heterocycles. The molecule has 0 unspecified atom stereocenters. The van der Waals surface area contributed by atoms with Crippen LogP contribution in [0, 0.1) is 12.8 Å². The van der Waals surface area contributed by atoms with Crippen molar-refractivity contribution in [1.29, 1.82) is 0 Å². The van der Waals surface area contributed by atoms with Gasteiger partial charge in [0, 0.05) is 17.7 Å². The molecule has 164 valence electrons. The molecule has 1 aromatic heterocycles. The SMILES string of the molecule is Cc1onc(-c2ccccc2)c1CN(C[C@H]1CC=CCC1)C(=O)C1(c2ccccc2)CC1. The lowest BCUT2D eigenvalue weighted by atomic mass is 9.90. The molecule has 2 aromatic carbocycles. The molecular formula is C28H30N2O2. The van der Waals surface area contributed by atoms with Crippen molar-refractivity contribution in [2.24, 2.45) is 5.92 Å². The molecule has 0 saturated heterocycles. The number of aryl methyl sites for hydroxylation is 1. The van der Waals surface area contributed by atoms with Gasteiger partial charge in [0.1, 0.15) is 11.5 Å². The van der Waals surface area contributed by atoms with Crippen LogP contribution in [-0.4, -0.2) is 22.5 Å². The maximum atomic E-state index is 14.0. The van der Waals surface area contributed by atoms with Gasteiger partial charge in [-0.25, -0.2) is 0 Å². The fourth-order valence-electron chi connectivity index (χ4n) is 4.96. The van der Waals surface area contributed by atoms with Crippen molar-refractivity contribution in [2.45, 2.75) is 51.0 Å². The first-order valence-electron chi connectivity index (χ1n) is 11.7. The lowest BCUT2D eigenvalue weighted by Gasteiger charge is -2.32. The second-order valence-electron chi connectivity index (χ2n) is 9.22. The number of amides is 1. The van der Waals surface area contributed by atoms with Crippen molar-refractivity contribution in [3.8, 4) is 11.3 Å². The summed E-state index contributed by atoms with van der Waals surface area (Å²) in [6.07, 6.45) is 9.63. The highest BCUT2D eigenvalue weighted by molar-refractivity contribution is 5.91. The summed E-state index contributed by atoms with van der Waals surface area (Å²) in [4.78, 5) is 16.1. The van der Waals surface area contributed by atoms with Crippen LogP contribution < -0.4 is 0 Å². The predicted molar refractivity (Wildman–Crippen MR) is 126 cm³/mol. The molecule has 0 bridgehead atoms. The van der Waals surface area contributed by atoms with Gasteiger partial charge in [-0.3, -0.25) is 4.79 Å². The van der Waals surface area contributed by atoms with E-state index in [2.05, 4.69) is 34.3 Å². The topological polar surface area (TPSA) is 46.3 Å². The lowest BCUT2D eigenvalue weighted by Crippen LogP contribution is -2.42. The monoisotopic (exact) mass is 426 g/mol. The van der Waals surface area contributed by atoms with Gasteiger partial charge in [-0.1, -0.05) is 78.0 Å². The van der Waals surface area contributed by atoms with Gasteiger partial charge in [0.2, 0.25) is 5.91 Å². The Labute approximate surface area is 189 Å². The number of allylic oxidation sites excluding steroid dienone is 2.